The minimum atomic E-state index is -0.697. The van der Waals surface area contributed by atoms with Gasteiger partial charge >= 0.3 is 0 Å². The maximum atomic E-state index is 13.5. The minimum absolute atomic E-state index is 0.263. The summed E-state index contributed by atoms with van der Waals surface area (Å²) in [7, 11) is 1.93. The highest BCUT2D eigenvalue weighted by atomic mass is 19.1. The van der Waals surface area contributed by atoms with Gasteiger partial charge in [-0.2, -0.15) is 0 Å². The Morgan fingerprint density at radius 3 is 2.60 bits per heavy atom. The molecule has 20 heavy (non-hydrogen) atoms. The second-order valence-electron chi connectivity index (χ2n) is 5.68. The summed E-state index contributed by atoms with van der Waals surface area (Å²) in [6.07, 6.45) is 1.29. The van der Waals surface area contributed by atoms with Crippen molar-refractivity contribution in [3.63, 3.8) is 0 Å². The Morgan fingerprint density at radius 2 is 1.95 bits per heavy atom. The van der Waals surface area contributed by atoms with Crippen LogP contribution in [0.3, 0.4) is 0 Å². The zero-order chi connectivity index (χ0) is 14.6. The molecule has 2 rings (SSSR count). The number of nitrogens with two attached hydrogens (primary N) is 1. The fraction of sp³-hybridized carbons (Fsp3) is 0.600. The summed E-state index contributed by atoms with van der Waals surface area (Å²) in [5, 5.41) is 10.5. The Labute approximate surface area is 119 Å². The standard InChI is InChI=1S/C15H23FN2O2/c1-18(11-15(19)2-4-20-5-3-15)10-13-6-12(9-17)7-14(16)8-13/h6-8,19H,2-5,9-11,17H2,1H3. The van der Waals surface area contributed by atoms with Gasteiger partial charge in [-0.25, -0.2) is 4.39 Å². The predicted molar refractivity (Wildman–Crippen MR) is 75.6 cm³/mol. The lowest BCUT2D eigenvalue weighted by molar-refractivity contribution is -0.0777. The van der Waals surface area contributed by atoms with Crippen molar-refractivity contribution in [1.82, 2.24) is 4.90 Å². The molecular formula is C15H23FN2O2. The zero-order valence-corrected chi connectivity index (χ0v) is 11.9. The van der Waals surface area contributed by atoms with Gasteiger partial charge in [-0.05, 0) is 30.3 Å². The fourth-order valence-electron chi connectivity index (χ4n) is 2.71. The number of nitrogens with zero attached hydrogens (tertiary/aromatic N) is 1. The Morgan fingerprint density at radius 1 is 1.30 bits per heavy atom. The number of rotatable bonds is 5. The van der Waals surface area contributed by atoms with Crippen LogP contribution in [0.1, 0.15) is 24.0 Å². The average molecular weight is 282 g/mol. The summed E-state index contributed by atoms with van der Waals surface area (Å²) in [4.78, 5) is 2.01. The van der Waals surface area contributed by atoms with Crippen molar-refractivity contribution in [2.24, 2.45) is 5.73 Å². The van der Waals surface area contributed by atoms with Crippen LogP contribution in [0.15, 0.2) is 18.2 Å². The van der Waals surface area contributed by atoms with Gasteiger partial charge in [0, 0.05) is 45.7 Å². The molecular weight excluding hydrogens is 259 g/mol. The summed E-state index contributed by atoms with van der Waals surface area (Å²) in [5.74, 6) is -0.263. The second kappa shape index (κ2) is 6.63. The van der Waals surface area contributed by atoms with Crippen LogP contribution < -0.4 is 5.73 Å². The maximum absolute atomic E-state index is 13.5. The summed E-state index contributed by atoms with van der Waals surface area (Å²) < 4.78 is 18.7. The van der Waals surface area contributed by atoms with Crippen LogP contribution in [0, 0.1) is 5.82 Å². The molecule has 4 nitrogen and oxygen atoms in total. The van der Waals surface area contributed by atoms with Gasteiger partial charge < -0.3 is 15.6 Å². The highest BCUT2D eigenvalue weighted by Crippen LogP contribution is 2.22. The lowest BCUT2D eigenvalue weighted by atomic mass is 9.94. The molecule has 0 atom stereocenters. The van der Waals surface area contributed by atoms with E-state index in [2.05, 4.69) is 0 Å². The van der Waals surface area contributed by atoms with Crippen molar-refractivity contribution < 1.29 is 14.2 Å². The third kappa shape index (κ3) is 4.24. The molecule has 1 aromatic carbocycles. The van der Waals surface area contributed by atoms with Crippen LogP contribution in [0.2, 0.25) is 0 Å². The summed E-state index contributed by atoms with van der Waals surface area (Å²) in [6.45, 7) is 2.68. The minimum Gasteiger partial charge on any atom is -0.388 e. The van der Waals surface area contributed by atoms with Crippen LogP contribution in [-0.4, -0.2) is 42.4 Å². The van der Waals surface area contributed by atoms with Crippen LogP contribution in [0.4, 0.5) is 4.39 Å². The zero-order valence-electron chi connectivity index (χ0n) is 11.9. The first kappa shape index (κ1) is 15.4. The Bertz CT molecular complexity index is 447. The molecule has 1 aliphatic heterocycles. The van der Waals surface area contributed by atoms with Gasteiger partial charge in [0.15, 0.2) is 0 Å². The Hall–Kier alpha value is -1.01. The Balaban J connectivity index is 1.96. The highest BCUT2D eigenvalue weighted by molar-refractivity contribution is 5.24. The first-order chi connectivity index (χ1) is 9.50. The molecule has 0 bridgehead atoms. The third-order valence-corrected chi connectivity index (χ3v) is 3.69. The summed E-state index contributed by atoms with van der Waals surface area (Å²) in [5.41, 5.74) is 6.53. The largest absolute Gasteiger partial charge is 0.388 e. The molecule has 3 N–H and O–H groups in total. The molecule has 0 amide bonds. The quantitative estimate of drug-likeness (QED) is 0.853. The molecule has 1 aromatic rings. The van der Waals surface area contributed by atoms with Crippen molar-refractivity contribution in [2.45, 2.75) is 31.5 Å². The first-order valence-corrected chi connectivity index (χ1v) is 6.98. The van der Waals surface area contributed by atoms with Crippen molar-refractivity contribution >= 4 is 0 Å². The molecule has 1 saturated heterocycles. The van der Waals surface area contributed by atoms with E-state index in [1.165, 1.54) is 12.1 Å². The van der Waals surface area contributed by atoms with E-state index in [-0.39, 0.29) is 5.82 Å². The number of aliphatic hydroxyl groups is 1. The molecule has 0 radical (unpaired) electrons. The topological polar surface area (TPSA) is 58.7 Å². The average Bonchev–Trinajstić information content (AvgIpc) is 2.37. The number of benzene rings is 1. The molecule has 0 aliphatic carbocycles. The van der Waals surface area contributed by atoms with Crippen LogP contribution in [0.5, 0.6) is 0 Å². The van der Waals surface area contributed by atoms with Crippen molar-refractivity contribution in [3.05, 3.63) is 35.1 Å². The number of hydrogen-bond donors (Lipinski definition) is 2. The van der Waals surface area contributed by atoms with E-state index in [4.69, 9.17) is 10.5 Å². The van der Waals surface area contributed by atoms with Gasteiger partial charge in [0.2, 0.25) is 0 Å². The maximum Gasteiger partial charge on any atom is 0.123 e. The number of hydrogen-bond acceptors (Lipinski definition) is 4. The molecule has 112 valence electrons. The number of ether oxygens (including phenoxy) is 1. The van der Waals surface area contributed by atoms with E-state index in [1.54, 1.807) is 0 Å². The molecule has 0 unspecified atom stereocenters. The van der Waals surface area contributed by atoms with Crippen LogP contribution >= 0.6 is 0 Å². The monoisotopic (exact) mass is 282 g/mol. The smallest absolute Gasteiger partial charge is 0.123 e. The molecule has 0 saturated carbocycles. The predicted octanol–water partition coefficient (Wildman–Crippen LogP) is 1.26. The van der Waals surface area contributed by atoms with Gasteiger partial charge in [-0.3, -0.25) is 4.90 Å². The van der Waals surface area contributed by atoms with E-state index in [1.807, 2.05) is 18.0 Å². The lowest BCUT2D eigenvalue weighted by Gasteiger charge is -2.35. The molecule has 5 heteroatoms. The van der Waals surface area contributed by atoms with Gasteiger partial charge in [0.05, 0.1) is 5.60 Å². The normalized spacial score (nSPS) is 18.4. The van der Waals surface area contributed by atoms with E-state index < -0.39 is 5.60 Å². The fourth-order valence-corrected chi connectivity index (χ4v) is 2.71. The van der Waals surface area contributed by atoms with Crippen molar-refractivity contribution in [2.75, 3.05) is 26.8 Å². The van der Waals surface area contributed by atoms with Crippen LogP contribution in [-0.2, 0) is 17.8 Å². The van der Waals surface area contributed by atoms with Gasteiger partial charge in [0.25, 0.3) is 0 Å². The number of halogens is 1. The van der Waals surface area contributed by atoms with Gasteiger partial charge in [-0.15, -0.1) is 0 Å². The molecule has 1 aliphatic rings. The van der Waals surface area contributed by atoms with Gasteiger partial charge in [0.1, 0.15) is 5.82 Å². The summed E-state index contributed by atoms with van der Waals surface area (Å²) in [6, 6.07) is 4.88. The van der Waals surface area contributed by atoms with Gasteiger partial charge in [-0.1, -0.05) is 6.07 Å². The molecule has 0 spiro atoms. The highest BCUT2D eigenvalue weighted by Gasteiger charge is 2.30. The third-order valence-electron chi connectivity index (χ3n) is 3.69. The molecule has 0 aromatic heterocycles. The molecule has 1 heterocycles. The lowest BCUT2D eigenvalue weighted by Crippen LogP contribution is -2.45. The van der Waals surface area contributed by atoms with Crippen molar-refractivity contribution in [1.29, 1.82) is 0 Å². The van der Waals surface area contributed by atoms with E-state index >= 15 is 0 Å². The van der Waals surface area contributed by atoms with Crippen LogP contribution in [0.25, 0.3) is 0 Å². The first-order valence-electron chi connectivity index (χ1n) is 6.98. The summed E-state index contributed by atoms with van der Waals surface area (Å²) >= 11 is 0. The van der Waals surface area contributed by atoms with E-state index in [0.717, 1.165) is 11.1 Å². The SMILES string of the molecule is CN(Cc1cc(F)cc(CN)c1)CC1(O)CCOCC1. The molecule has 1 fully saturated rings. The Kier molecular flexibility index (Phi) is 5.10. The van der Waals surface area contributed by atoms with E-state index in [0.29, 0.717) is 45.7 Å². The van der Waals surface area contributed by atoms with E-state index in [9.17, 15) is 9.50 Å². The van der Waals surface area contributed by atoms with Crippen molar-refractivity contribution in [3.8, 4) is 0 Å². The number of likely N-dealkylation sites (N-methyl/N-ethyl adjacent to an activating group) is 1. The second-order valence-corrected chi connectivity index (χ2v) is 5.68.